The number of nitrogens with zero attached hydrogens (tertiary/aromatic N) is 2. The summed E-state index contributed by atoms with van der Waals surface area (Å²) < 4.78 is 0.624. The Bertz CT molecular complexity index is 354. The lowest BCUT2D eigenvalue weighted by Gasteiger charge is -2.13. The summed E-state index contributed by atoms with van der Waals surface area (Å²) in [6.45, 7) is 0. The van der Waals surface area contributed by atoms with Gasteiger partial charge in [-0.05, 0) is 34.7 Å². The van der Waals surface area contributed by atoms with E-state index in [0.717, 1.165) is 5.69 Å². The predicted octanol–water partition coefficient (Wildman–Crippen LogP) is 2.09. The summed E-state index contributed by atoms with van der Waals surface area (Å²) in [6, 6.07) is 4.91. The highest BCUT2D eigenvalue weighted by Crippen LogP contribution is 2.23. The fourth-order valence-corrected chi connectivity index (χ4v) is 1.69. The molecule has 14 heavy (non-hydrogen) atoms. The van der Waals surface area contributed by atoms with E-state index >= 15 is 0 Å². The first-order valence-electron chi connectivity index (χ1n) is 3.88. The number of hydrogen-bond acceptors (Lipinski definition) is 4. The number of nitro benzene ring substituents is 1. The van der Waals surface area contributed by atoms with Crippen molar-refractivity contribution in [3.8, 4) is 0 Å². The zero-order chi connectivity index (χ0) is 10.7. The number of hydrazine groups is 1. The summed E-state index contributed by atoms with van der Waals surface area (Å²) >= 11 is 1.95. The number of anilines is 1. The van der Waals surface area contributed by atoms with Gasteiger partial charge in [0.15, 0.2) is 0 Å². The first kappa shape index (κ1) is 11.2. The fourth-order valence-electron chi connectivity index (χ4n) is 0.983. The van der Waals surface area contributed by atoms with Crippen LogP contribution in [0.5, 0.6) is 0 Å². The van der Waals surface area contributed by atoms with Crippen LogP contribution in [0.3, 0.4) is 0 Å². The lowest BCUT2D eigenvalue weighted by Crippen LogP contribution is -2.19. The SMILES string of the molecule is CN(C)Nc1ccc([N+](=O)[O-])c(I)c1. The van der Waals surface area contributed by atoms with Gasteiger partial charge >= 0.3 is 0 Å². The molecule has 0 bridgehead atoms. The minimum atomic E-state index is -0.388. The van der Waals surface area contributed by atoms with Crippen molar-refractivity contribution in [2.45, 2.75) is 0 Å². The molecule has 0 heterocycles. The van der Waals surface area contributed by atoms with Crippen LogP contribution in [0.2, 0.25) is 0 Å². The van der Waals surface area contributed by atoms with E-state index in [0.29, 0.717) is 3.57 Å². The topological polar surface area (TPSA) is 58.4 Å². The summed E-state index contributed by atoms with van der Waals surface area (Å²) in [5, 5.41) is 12.3. The van der Waals surface area contributed by atoms with Gasteiger partial charge in [0.1, 0.15) is 0 Å². The molecule has 0 aliphatic heterocycles. The molecule has 1 rings (SSSR count). The van der Waals surface area contributed by atoms with Crippen LogP contribution in [-0.4, -0.2) is 24.0 Å². The van der Waals surface area contributed by atoms with E-state index in [2.05, 4.69) is 5.43 Å². The van der Waals surface area contributed by atoms with Crippen molar-refractivity contribution in [3.63, 3.8) is 0 Å². The van der Waals surface area contributed by atoms with E-state index in [1.54, 1.807) is 17.1 Å². The molecule has 0 saturated carbocycles. The van der Waals surface area contributed by atoms with Crippen LogP contribution in [0.1, 0.15) is 0 Å². The summed E-state index contributed by atoms with van der Waals surface area (Å²) in [4.78, 5) is 10.1. The molecule has 0 atom stereocenters. The van der Waals surface area contributed by atoms with Gasteiger partial charge in [-0.15, -0.1) is 0 Å². The van der Waals surface area contributed by atoms with E-state index < -0.39 is 0 Å². The lowest BCUT2D eigenvalue weighted by atomic mass is 10.3. The van der Waals surface area contributed by atoms with Crippen molar-refractivity contribution < 1.29 is 4.92 Å². The second-order valence-corrected chi connectivity index (χ2v) is 4.09. The van der Waals surface area contributed by atoms with Gasteiger partial charge in [0.25, 0.3) is 5.69 Å². The quantitative estimate of drug-likeness (QED) is 0.528. The second-order valence-electron chi connectivity index (χ2n) is 2.93. The summed E-state index contributed by atoms with van der Waals surface area (Å²) in [7, 11) is 3.71. The van der Waals surface area contributed by atoms with Gasteiger partial charge in [-0.25, -0.2) is 5.01 Å². The summed E-state index contributed by atoms with van der Waals surface area (Å²) in [6.07, 6.45) is 0. The Morgan fingerprint density at radius 2 is 2.14 bits per heavy atom. The molecule has 6 heteroatoms. The average Bonchev–Trinajstić information content (AvgIpc) is 2.01. The maximum Gasteiger partial charge on any atom is 0.282 e. The molecule has 0 radical (unpaired) electrons. The van der Waals surface area contributed by atoms with Gasteiger partial charge in [-0.1, -0.05) is 0 Å². The minimum Gasteiger partial charge on any atom is -0.319 e. The normalized spacial score (nSPS) is 10.3. The Morgan fingerprint density at radius 1 is 1.50 bits per heavy atom. The molecule has 5 nitrogen and oxygen atoms in total. The zero-order valence-electron chi connectivity index (χ0n) is 7.82. The molecule has 0 fully saturated rings. The Morgan fingerprint density at radius 3 is 2.57 bits per heavy atom. The monoisotopic (exact) mass is 307 g/mol. The molecular formula is C8H10IN3O2. The van der Waals surface area contributed by atoms with Crippen LogP contribution in [0.4, 0.5) is 11.4 Å². The van der Waals surface area contributed by atoms with Gasteiger partial charge in [0, 0.05) is 20.2 Å². The van der Waals surface area contributed by atoms with Crippen molar-refractivity contribution in [1.29, 1.82) is 0 Å². The van der Waals surface area contributed by atoms with Crippen molar-refractivity contribution in [1.82, 2.24) is 5.01 Å². The molecule has 0 aromatic heterocycles. The third-order valence-corrected chi connectivity index (χ3v) is 2.36. The first-order chi connectivity index (χ1) is 6.50. The van der Waals surface area contributed by atoms with Crippen LogP contribution in [0, 0.1) is 13.7 Å². The summed E-state index contributed by atoms with van der Waals surface area (Å²) in [5.41, 5.74) is 3.99. The highest BCUT2D eigenvalue weighted by atomic mass is 127. The third kappa shape index (κ3) is 2.81. The van der Waals surface area contributed by atoms with Crippen molar-refractivity contribution in [2.75, 3.05) is 19.5 Å². The highest BCUT2D eigenvalue weighted by Gasteiger charge is 2.11. The van der Waals surface area contributed by atoms with Crippen LogP contribution >= 0.6 is 22.6 Å². The smallest absolute Gasteiger partial charge is 0.282 e. The zero-order valence-corrected chi connectivity index (χ0v) is 9.98. The number of benzene rings is 1. The fraction of sp³-hybridized carbons (Fsp3) is 0.250. The van der Waals surface area contributed by atoms with Crippen LogP contribution in [0.15, 0.2) is 18.2 Å². The molecule has 0 saturated heterocycles. The molecular weight excluding hydrogens is 297 g/mol. The van der Waals surface area contributed by atoms with Crippen molar-refractivity contribution >= 4 is 34.0 Å². The molecule has 1 aromatic carbocycles. The number of rotatable bonds is 3. The van der Waals surface area contributed by atoms with E-state index in [9.17, 15) is 10.1 Å². The average molecular weight is 307 g/mol. The van der Waals surface area contributed by atoms with E-state index in [1.165, 1.54) is 6.07 Å². The Balaban J connectivity index is 2.94. The Hall–Kier alpha value is -0.890. The summed E-state index contributed by atoms with van der Waals surface area (Å²) in [5.74, 6) is 0. The van der Waals surface area contributed by atoms with E-state index in [-0.39, 0.29) is 10.6 Å². The standard InChI is InChI=1S/C8H10IN3O2/c1-11(2)10-6-3-4-8(12(13)14)7(9)5-6/h3-5,10H,1-2H3. The van der Waals surface area contributed by atoms with Crippen LogP contribution in [0.25, 0.3) is 0 Å². The first-order valence-corrected chi connectivity index (χ1v) is 4.96. The molecule has 1 N–H and O–H groups in total. The third-order valence-electron chi connectivity index (χ3n) is 1.50. The van der Waals surface area contributed by atoms with Crippen LogP contribution < -0.4 is 5.43 Å². The highest BCUT2D eigenvalue weighted by molar-refractivity contribution is 14.1. The van der Waals surface area contributed by atoms with Gasteiger partial charge in [-0.2, -0.15) is 0 Å². The molecule has 0 unspecified atom stereocenters. The molecule has 0 aliphatic carbocycles. The number of hydrogen-bond donors (Lipinski definition) is 1. The Labute approximate surface area is 95.4 Å². The number of halogens is 1. The van der Waals surface area contributed by atoms with E-state index in [4.69, 9.17) is 0 Å². The predicted molar refractivity (Wildman–Crippen MR) is 63.1 cm³/mol. The molecule has 1 aromatic rings. The largest absolute Gasteiger partial charge is 0.319 e. The number of nitrogens with one attached hydrogen (secondary N) is 1. The van der Waals surface area contributed by atoms with Crippen LogP contribution in [-0.2, 0) is 0 Å². The second kappa shape index (κ2) is 4.56. The number of nitro groups is 1. The van der Waals surface area contributed by atoms with Crippen molar-refractivity contribution in [2.24, 2.45) is 0 Å². The van der Waals surface area contributed by atoms with Gasteiger partial charge in [-0.3, -0.25) is 10.1 Å². The van der Waals surface area contributed by atoms with Gasteiger partial charge in [0.05, 0.1) is 14.2 Å². The maximum absolute atomic E-state index is 10.5. The minimum absolute atomic E-state index is 0.134. The molecule has 0 aliphatic rings. The van der Waals surface area contributed by atoms with Gasteiger partial charge in [0.2, 0.25) is 0 Å². The lowest BCUT2D eigenvalue weighted by molar-refractivity contribution is -0.385. The Kier molecular flexibility index (Phi) is 3.64. The molecule has 76 valence electrons. The molecule has 0 spiro atoms. The van der Waals surface area contributed by atoms with Gasteiger partial charge < -0.3 is 5.43 Å². The van der Waals surface area contributed by atoms with Crippen molar-refractivity contribution in [3.05, 3.63) is 31.9 Å². The maximum atomic E-state index is 10.5. The van der Waals surface area contributed by atoms with E-state index in [1.807, 2.05) is 36.7 Å². The molecule has 0 amide bonds.